The number of sulfone groups is 1. The minimum absolute atomic E-state index is 0.0786. The van der Waals surface area contributed by atoms with Crippen LogP contribution in [0.1, 0.15) is 28.1 Å². The average molecular weight is 608 g/mol. The van der Waals surface area contributed by atoms with Gasteiger partial charge in [0, 0.05) is 18.4 Å². The number of aromatic nitrogens is 1. The zero-order chi connectivity index (χ0) is 28.8. The summed E-state index contributed by atoms with van der Waals surface area (Å²) in [6.07, 6.45) is 4.19. The number of carbonyl (C=O) groups excluding carboxylic acids is 1. The molecule has 0 saturated heterocycles. The van der Waals surface area contributed by atoms with Gasteiger partial charge in [0.2, 0.25) is 0 Å². The van der Waals surface area contributed by atoms with E-state index in [0.717, 1.165) is 24.7 Å². The Morgan fingerprint density at radius 2 is 1.73 bits per heavy atom. The summed E-state index contributed by atoms with van der Waals surface area (Å²) in [5.74, 6) is 0.119. The van der Waals surface area contributed by atoms with Crippen molar-refractivity contribution in [1.29, 1.82) is 0 Å². The van der Waals surface area contributed by atoms with E-state index in [9.17, 15) is 21.6 Å². The molecule has 5 aromatic rings. The highest BCUT2D eigenvalue weighted by Gasteiger charge is 2.30. The Morgan fingerprint density at radius 3 is 2.46 bits per heavy atom. The van der Waals surface area contributed by atoms with Crippen LogP contribution < -0.4 is 9.21 Å². The third kappa shape index (κ3) is 5.25. The number of para-hydroxylation sites is 1. The molecule has 0 aliphatic carbocycles. The fraction of sp³-hybridized carbons (Fsp3) is 0.172. The Morgan fingerprint density at radius 1 is 0.976 bits per heavy atom. The fourth-order valence-corrected chi connectivity index (χ4v) is 8.09. The van der Waals surface area contributed by atoms with Crippen molar-refractivity contribution in [2.75, 3.05) is 22.0 Å². The van der Waals surface area contributed by atoms with Gasteiger partial charge in [0.25, 0.3) is 15.9 Å². The van der Waals surface area contributed by atoms with Crippen molar-refractivity contribution in [3.05, 3.63) is 102 Å². The van der Waals surface area contributed by atoms with Gasteiger partial charge in [-0.25, -0.2) is 21.8 Å². The molecule has 0 N–H and O–H groups in total. The van der Waals surface area contributed by atoms with E-state index in [1.807, 2.05) is 24.3 Å². The number of hydrogen-bond donors (Lipinski definition) is 0. The number of rotatable bonds is 7. The van der Waals surface area contributed by atoms with Crippen LogP contribution in [-0.2, 0) is 32.8 Å². The van der Waals surface area contributed by atoms with Gasteiger partial charge in [-0.1, -0.05) is 29.5 Å². The molecule has 1 amide bonds. The average Bonchev–Trinajstić information content (AvgIpc) is 3.64. The summed E-state index contributed by atoms with van der Waals surface area (Å²) in [5.41, 5.74) is 2.49. The summed E-state index contributed by atoms with van der Waals surface area (Å²) < 4.78 is 58.7. The maximum Gasteiger partial charge on any atom is 0.264 e. The van der Waals surface area contributed by atoms with Gasteiger partial charge >= 0.3 is 0 Å². The molecule has 41 heavy (non-hydrogen) atoms. The van der Waals surface area contributed by atoms with E-state index >= 15 is 0 Å². The molecule has 2 aromatic heterocycles. The zero-order valence-electron chi connectivity index (χ0n) is 21.9. The number of benzene rings is 3. The second-order valence-corrected chi connectivity index (χ2v) is 14.6. The molecule has 1 aliphatic heterocycles. The normalized spacial score (nSPS) is 13.7. The monoisotopic (exact) mass is 607 g/mol. The van der Waals surface area contributed by atoms with Crippen LogP contribution in [0.4, 0.5) is 10.8 Å². The summed E-state index contributed by atoms with van der Waals surface area (Å²) >= 11 is 1.19. The summed E-state index contributed by atoms with van der Waals surface area (Å²) in [6.45, 7) is 0.463. The molecule has 6 rings (SSSR count). The molecule has 0 atom stereocenters. The van der Waals surface area contributed by atoms with Crippen molar-refractivity contribution >= 4 is 58.1 Å². The predicted molar refractivity (Wildman–Crippen MR) is 158 cm³/mol. The van der Waals surface area contributed by atoms with Gasteiger partial charge in [0.05, 0.1) is 38.5 Å². The van der Waals surface area contributed by atoms with Crippen molar-refractivity contribution in [3.8, 4) is 0 Å². The maximum atomic E-state index is 13.8. The Labute approximate surface area is 241 Å². The molecule has 0 saturated carbocycles. The van der Waals surface area contributed by atoms with Gasteiger partial charge in [-0.3, -0.25) is 14.0 Å². The second kappa shape index (κ2) is 10.4. The number of fused-ring (bicyclic) bond motifs is 2. The number of hydrogen-bond acceptors (Lipinski definition) is 8. The fourth-order valence-electron chi connectivity index (χ4n) is 4.82. The minimum atomic E-state index is -3.83. The first-order chi connectivity index (χ1) is 19.6. The van der Waals surface area contributed by atoms with Gasteiger partial charge in [0.15, 0.2) is 15.0 Å². The molecule has 0 fully saturated rings. The van der Waals surface area contributed by atoms with Crippen molar-refractivity contribution < 1.29 is 26.0 Å². The molecule has 3 aromatic carbocycles. The Balaban J connectivity index is 1.33. The van der Waals surface area contributed by atoms with Gasteiger partial charge in [-0.2, -0.15) is 0 Å². The first-order valence-electron chi connectivity index (χ1n) is 12.8. The highest BCUT2D eigenvalue weighted by molar-refractivity contribution is 7.92. The van der Waals surface area contributed by atoms with E-state index in [2.05, 4.69) is 4.98 Å². The first-order valence-corrected chi connectivity index (χ1v) is 16.9. The Bertz CT molecular complexity index is 1970. The number of amides is 1. The summed E-state index contributed by atoms with van der Waals surface area (Å²) in [7, 11) is -7.25. The van der Waals surface area contributed by atoms with Crippen molar-refractivity contribution in [1.82, 2.24) is 4.98 Å². The lowest BCUT2D eigenvalue weighted by molar-refractivity contribution is 0.0983. The molecule has 210 valence electrons. The van der Waals surface area contributed by atoms with E-state index in [-0.39, 0.29) is 21.9 Å². The summed E-state index contributed by atoms with van der Waals surface area (Å²) in [5, 5.41) is 0.355. The van der Waals surface area contributed by atoms with Gasteiger partial charge in [-0.05, 0) is 79.1 Å². The van der Waals surface area contributed by atoms with Crippen LogP contribution in [-0.4, -0.2) is 40.5 Å². The lowest BCUT2D eigenvalue weighted by Crippen LogP contribution is -2.35. The molecular weight excluding hydrogens is 583 g/mol. The molecule has 9 nitrogen and oxygen atoms in total. The van der Waals surface area contributed by atoms with Gasteiger partial charge < -0.3 is 4.42 Å². The van der Waals surface area contributed by atoms with E-state index < -0.39 is 25.8 Å². The third-order valence-corrected chi connectivity index (χ3v) is 10.9. The molecule has 1 aliphatic rings. The van der Waals surface area contributed by atoms with E-state index in [1.165, 1.54) is 57.1 Å². The maximum absolute atomic E-state index is 13.8. The first kappa shape index (κ1) is 27.2. The van der Waals surface area contributed by atoms with Crippen LogP contribution in [0.3, 0.4) is 0 Å². The quantitative estimate of drug-likeness (QED) is 0.247. The molecule has 0 radical (unpaired) electrons. The lowest BCUT2D eigenvalue weighted by atomic mass is 10.0. The van der Waals surface area contributed by atoms with Crippen molar-refractivity contribution in [2.45, 2.75) is 29.2 Å². The number of furan rings is 1. The van der Waals surface area contributed by atoms with Crippen molar-refractivity contribution in [2.24, 2.45) is 0 Å². The van der Waals surface area contributed by atoms with E-state index in [1.54, 1.807) is 24.3 Å². The van der Waals surface area contributed by atoms with E-state index in [0.29, 0.717) is 33.3 Å². The summed E-state index contributed by atoms with van der Waals surface area (Å²) in [6, 6.07) is 21.5. The molecular formula is C29H25N3O6S3. The zero-order valence-corrected chi connectivity index (χ0v) is 24.4. The number of carbonyl (C=O) groups is 1. The van der Waals surface area contributed by atoms with Gasteiger partial charge in [0.1, 0.15) is 5.76 Å². The van der Waals surface area contributed by atoms with Crippen LogP contribution in [0.15, 0.2) is 99.3 Å². The SMILES string of the molecule is CS(=O)(=O)c1ccc2nc(N(Cc3ccco3)C(=O)c3ccc(S(=O)(=O)N4CCCc5ccccc54)cc3)sc2c1. The van der Waals surface area contributed by atoms with Crippen LogP contribution in [0.5, 0.6) is 0 Å². The number of aryl methyl sites for hydroxylation is 1. The van der Waals surface area contributed by atoms with Crippen LogP contribution in [0, 0.1) is 0 Å². The molecule has 0 spiro atoms. The highest BCUT2D eigenvalue weighted by atomic mass is 32.2. The Kier molecular flexibility index (Phi) is 6.92. The van der Waals surface area contributed by atoms with Crippen LogP contribution in [0.25, 0.3) is 10.2 Å². The summed E-state index contributed by atoms with van der Waals surface area (Å²) in [4.78, 5) is 20.1. The molecule has 12 heteroatoms. The third-order valence-electron chi connectivity index (χ3n) is 6.90. The van der Waals surface area contributed by atoms with E-state index in [4.69, 9.17) is 4.42 Å². The molecule has 0 unspecified atom stereocenters. The predicted octanol–water partition coefficient (Wildman–Crippen LogP) is 5.28. The van der Waals surface area contributed by atoms with Gasteiger partial charge in [-0.15, -0.1) is 0 Å². The number of anilines is 2. The molecule has 3 heterocycles. The lowest BCUT2D eigenvalue weighted by Gasteiger charge is -2.30. The Hall–Kier alpha value is -4.00. The largest absolute Gasteiger partial charge is 0.467 e. The smallest absolute Gasteiger partial charge is 0.264 e. The number of nitrogens with zero attached hydrogens (tertiary/aromatic N) is 3. The molecule has 0 bridgehead atoms. The number of thiazole rings is 1. The standard InChI is InChI=1S/C29H25N3O6S3/c1-40(34,35)24-14-15-25-27(18-24)39-29(30-25)31(19-22-8-5-17-38-22)28(33)21-10-12-23(13-11-21)41(36,37)32-16-4-7-20-6-2-3-9-26(20)32/h2-3,5-6,8-15,17-18H,4,7,16,19H2,1H3. The van der Waals surface area contributed by atoms with Crippen molar-refractivity contribution in [3.63, 3.8) is 0 Å². The second-order valence-electron chi connectivity index (χ2n) is 9.70. The highest BCUT2D eigenvalue weighted by Crippen LogP contribution is 2.34. The van der Waals surface area contributed by atoms with Crippen LogP contribution in [0.2, 0.25) is 0 Å². The number of sulfonamides is 1. The minimum Gasteiger partial charge on any atom is -0.467 e. The van der Waals surface area contributed by atoms with Crippen LogP contribution >= 0.6 is 11.3 Å². The topological polar surface area (TPSA) is 118 Å².